The smallest absolute Gasteiger partial charge is 0.404 e. The van der Waals surface area contributed by atoms with E-state index in [4.69, 9.17) is 11.6 Å². The average Bonchev–Trinajstić information content (AvgIpc) is 2.77. The minimum Gasteiger partial charge on any atom is -0.404 e. The number of carbonyl (C=O) groups is 1. The molecule has 0 unspecified atom stereocenters. The number of aromatic nitrogens is 2. The Hall–Kier alpha value is -2.22. The van der Waals surface area contributed by atoms with Gasteiger partial charge in [0.15, 0.2) is 11.4 Å². The lowest BCUT2D eigenvalue weighted by atomic mass is 10.3. The van der Waals surface area contributed by atoms with Crippen LogP contribution in [0.1, 0.15) is 10.5 Å². The summed E-state index contributed by atoms with van der Waals surface area (Å²) in [6.07, 6.45) is -4.85. The Kier molecular flexibility index (Phi) is 3.84. The largest absolute Gasteiger partial charge is 0.573 e. The van der Waals surface area contributed by atoms with Crippen LogP contribution in [0, 0.1) is 0 Å². The summed E-state index contributed by atoms with van der Waals surface area (Å²) in [7, 11) is 0. The third-order valence-electron chi connectivity index (χ3n) is 2.14. The number of anilines is 1. The number of nitrogens with zero attached hydrogens (tertiary/aromatic N) is 1. The van der Waals surface area contributed by atoms with Crippen molar-refractivity contribution in [2.75, 3.05) is 5.32 Å². The number of amides is 1. The van der Waals surface area contributed by atoms with Gasteiger partial charge in [-0.3, -0.25) is 9.89 Å². The number of para-hydroxylation sites is 2. The van der Waals surface area contributed by atoms with Crippen LogP contribution in [0.3, 0.4) is 0 Å². The van der Waals surface area contributed by atoms with Gasteiger partial charge in [0.2, 0.25) is 0 Å². The van der Waals surface area contributed by atoms with Gasteiger partial charge >= 0.3 is 6.36 Å². The topological polar surface area (TPSA) is 67.0 Å². The van der Waals surface area contributed by atoms with Gasteiger partial charge in [-0.15, -0.1) is 13.2 Å². The molecule has 1 heterocycles. The third kappa shape index (κ3) is 3.64. The molecule has 0 aliphatic heterocycles. The number of halogens is 4. The minimum absolute atomic E-state index is 0.0585. The molecule has 2 N–H and O–H groups in total. The summed E-state index contributed by atoms with van der Waals surface area (Å²) in [6.45, 7) is 0. The molecule has 2 aromatic rings. The van der Waals surface area contributed by atoms with Gasteiger partial charge in [0, 0.05) is 6.07 Å². The zero-order chi connectivity index (χ0) is 14.8. The Labute approximate surface area is 115 Å². The minimum atomic E-state index is -4.85. The van der Waals surface area contributed by atoms with Gasteiger partial charge in [0.05, 0.1) is 5.69 Å². The number of ether oxygens (including phenoxy) is 1. The maximum Gasteiger partial charge on any atom is 0.573 e. The van der Waals surface area contributed by atoms with E-state index in [0.29, 0.717) is 0 Å². The van der Waals surface area contributed by atoms with Gasteiger partial charge in [-0.2, -0.15) is 5.10 Å². The summed E-state index contributed by atoms with van der Waals surface area (Å²) in [5.74, 6) is -1.23. The highest BCUT2D eigenvalue weighted by Gasteiger charge is 2.32. The highest BCUT2D eigenvalue weighted by molar-refractivity contribution is 6.29. The molecular weight excluding hydrogens is 299 g/mol. The highest BCUT2D eigenvalue weighted by Crippen LogP contribution is 2.30. The molecule has 1 aromatic carbocycles. The van der Waals surface area contributed by atoms with Crippen molar-refractivity contribution in [3.8, 4) is 5.75 Å². The number of H-pyrrole nitrogens is 1. The SMILES string of the molecule is O=C(Nc1ccccc1OC(F)(F)F)c1cc(Cl)[nH]n1. The number of benzene rings is 1. The molecule has 0 fully saturated rings. The Morgan fingerprint density at radius 1 is 1.35 bits per heavy atom. The zero-order valence-electron chi connectivity index (χ0n) is 9.66. The second-order valence-corrected chi connectivity index (χ2v) is 4.01. The lowest BCUT2D eigenvalue weighted by Gasteiger charge is -2.13. The number of nitrogens with one attached hydrogen (secondary N) is 2. The van der Waals surface area contributed by atoms with Crippen LogP contribution in [0.2, 0.25) is 5.15 Å². The lowest BCUT2D eigenvalue weighted by Crippen LogP contribution is -2.19. The van der Waals surface area contributed by atoms with E-state index < -0.39 is 18.0 Å². The van der Waals surface area contributed by atoms with Crippen molar-refractivity contribution >= 4 is 23.2 Å². The summed E-state index contributed by atoms with van der Waals surface area (Å²) in [6, 6.07) is 6.40. The van der Waals surface area contributed by atoms with Crippen molar-refractivity contribution in [3.63, 3.8) is 0 Å². The number of hydrogen-bond donors (Lipinski definition) is 2. The quantitative estimate of drug-likeness (QED) is 0.915. The van der Waals surface area contributed by atoms with E-state index >= 15 is 0 Å². The first-order valence-corrected chi connectivity index (χ1v) is 5.60. The number of carbonyl (C=O) groups excluding carboxylic acids is 1. The number of aromatic amines is 1. The van der Waals surface area contributed by atoms with Crippen LogP contribution in [0.15, 0.2) is 30.3 Å². The summed E-state index contributed by atoms with van der Waals surface area (Å²) in [4.78, 5) is 11.8. The maximum absolute atomic E-state index is 12.2. The van der Waals surface area contributed by atoms with Gasteiger partial charge in [-0.05, 0) is 12.1 Å². The molecule has 0 aliphatic carbocycles. The van der Waals surface area contributed by atoms with Crippen LogP contribution in [0.5, 0.6) is 5.75 Å². The third-order valence-corrected chi connectivity index (χ3v) is 2.33. The van der Waals surface area contributed by atoms with Gasteiger partial charge in [0.1, 0.15) is 5.15 Å². The first-order valence-electron chi connectivity index (χ1n) is 5.22. The Balaban J connectivity index is 2.19. The fourth-order valence-electron chi connectivity index (χ4n) is 1.38. The first kappa shape index (κ1) is 14.2. The molecule has 1 aromatic heterocycles. The fraction of sp³-hybridized carbons (Fsp3) is 0.0909. The molecule has 0 radical (unpaired) electrons. The van der Waals surface area contributed by atoms with Crippen molar-refractivity contribution in [1.29, 1.82) is 0 Å². The highest BCUT2D eigenvalue weighted by atomic mass is 35.5. The standard InChI is InChI=1S/C11H7ClF3N3O2/c12-9-5-7(17-18-9)10(19)16-6-3-1-2-4-8(6)20-11(13,14)15/h1-5H,(H,16,19)(H,17,18). The van der Waals surface area contributed by atoms with E-state index in [0.717, 1.165) is 6.07 Å². The molecule has 106 valence electrons. The summed E-state index contributed by atoms with van der Waals surface area (Å²) < 4.78 is 40.5. The molecule has 20 heavy (non-hydrogen) atoms. The van der Waals surface area contributed by atoms with Gasteiger partial charge in [-0.1, -0.05) is 23.7 Å². The molecule has 0 saturated carbocycles. The molecular formula is C11H7ClF3N3O2. The summed E-state index contributed by atoms with van der Waals surface area (Å²) in [5.41, 5.74) is -0.189. The Bertz CT molecular complexity index is 627. The molecule has 0 atom stereocenters. The van der Waals surface area contributed by atoms with Crippen molar-refractivity contribution in [3.05, 3.63) is 41.2 Å². The van der Waals surface area contributed by atoms with E-state index in [-0.39, 0.29) is 16.5 Å². The van der Waals surface area contributed by atoms with Gasteiger partial charge in [0.25, 0.3) is 5.91 Å². The molecule has 2 rings (SSSR count). The predicted octanol–water partition coefficient (Wildman–Crippen LogP) is 3.21. The van der Waals surface area contributed by atoms with E-state index in [9.17, 15) is 18.0 Å². The van der Waals surface area contributed by atoms with E-state index in [1.54, 1.807) is 0 Å². The molecule has 5 nitrogen and oxygen atoms in total. The van der Waals surface area contributed by atoms with Gasteiger partial charge in [-0.25, -0.2) is 0 Å². The second-order valence-electron chi connectivity index (χ2n) is 3.60. The van der Waals surface area contributed by atoms with Crippen molar-refractivity contribution in [2.45, 2.75) is 6.36 Å². The summed E-state index contributed by atoms with van der Waals surface area (Å²) in [5, 5.41) is 8.31. The lowest BCUT2D eigenvalue weighted by molar-refractivity contribution is -0.274. The molecule has 0 saturated heterocycles. The predicted molar refractivity (Wildman–Crippen MR) is 64.7 cm³/mol. The first-order chi connectivity index (χ1) is 9.35. The zero-order valence-corrected chi connectivity index (χ0v) is 10.4. The molecule has 9 heteroatoms. The number of hydrogen-bond acceptors (Lipinski definition) is 3. The maximum atomic E-state index is 12.2. The number of rotatable bonds is 3. The average molecular weight is 306 g/mol. The molecule has 1 amide bonds. The summed E-state index contributed by atoms with van der Waals surface area (Å²) >= 11 is 5.55. The Morgan fingerprint density at radius 2 is 2.05 bits per heavy atom. The Morgan fingerprint density at radius 3 is 2.65 bits per heavy atom. The fourth-order valence-corrected chi connectivity index (χ4v) is 1.53. The van der Waals surface area contributed by atoms with E-state index in [1.807, 2.05) is 0 Å². The monoisotopic (exact) mass is 305 g/mol. The van der Waals surface area contributed by atoms with Crippen molar-refractivity contribution < 1.29 is 22.7 Å². The van der Waals surface area contributed by atoms with E-state index in [1.165, 1.54) is 24.3 Å². The number of alkyl halides is 3. The van der Waals surface area contributed by atoms with Crippen LogP contribution in [0.25, 0.3) is 0 Å². The van der Waals surface area contributed by atoms with Crippen LogP contribution < -0.4 is 10.1 Å². The van der Waals surface area contributed by atoms with Crippen LogP contribution in [0.4, 0.5) is 18.9 Å². The van der Waals surface area contributed by atoms with Crippen LogP contribution >= 0.6 is 11.6 Å². The normalized spacial score (nSPS) is 11.2. The van der Waals surface area contributed by atoms with Crippen molar-refractivity contribution in [2.24, 2.45) is 0 Å². The molecule has 0 aliphatic rings. The van der Waals surface area contributed by atoms with E-state index in [2.05, 4.69) is 20.3 Å². The van der Waals surface area contributed by atoms with Gasteiger partial charge < -0.3 is 10.1 Å². The van der Waals surface area contributed by atoms with Crippen molar-refractivity contribution in [1.82, 2.24) is 10.2 Å². The molecule has 0 bridgehead atoms. The molecule has 0 spiro atoms. The second kappa shape index (κ2) is 5.41. The van der Waals surface area contributed by atoms with Crippen LogP contribution in [-0.2, 0) is 0 Å². The van der Waals surface area contributed by atoms with Crippen LogP contribution in [-0.4, -0.2) is 22.5 Å².